The minimum Gasteiger partial charge on any atom is -0.299 e. The quantitative estimate of drug-likeness (QED) is 0.826. The van der Waals surface area contributed by atoms with Gasteiger partial charge in [0.05, 0.1) is 6.07 Å². The van der Waals surface area contributed by atoms with E-state index in [1.807, 2.05) is 6.92 Å². The highest BCUT2D eigenvalue weighted by Gasteiger charge is 2.48. The van der Waals surface area contributed by atoms with Gasteiger partial charge in [-0.2, -0.15) is 5.26 Å². The molecule has 1 atom stereocenters. The molecule has 100 valence electrons. The number of hydrogen-bond donors (Lipinski definition) is 1. The van der Waals surface area contributed by atoms with Crippen LogP contribution >= 0.6 is 0 Å². The van der Waals surface area contributed by atoms with E-state index in [0.29, 0.717) is 0 Å². The van der Waals surface area contributed by atoms with Crippen LogP contribution in [0.1, 0.15) is 52.4 Å². The first-order valence-corrected chi connectivity index (χ1v) is 7.80. The van der Waals surface area contributed by atoms with Crippen LogP contribution in [0.5, 0.6) is 0 Å². The first-order valence-electron chi connectivity index (χ1n) is 7.80. The van der Waals surface area contributed by atoms with Crippen molar-refractivity contribution in [2.75, 3.05) is 6.54 Å². The molecule has 0 aromatic heterocycles. The fourth-order valence-corrected chi connectivity index (χ4v) is 4.96. The molecule has 2 nitrogen and oxygen atoms in total. The summed E-state index contributed by atoms with van der Waals surface area (Å²) in [5.41, 5.74) is -0.311. The standard InChI is InChI=1S/C16H26N2/c1-3-16(2,10-17)18-9-15-13-5-11-4-12(7-13)8-14(15)6-11/h11-15,18H,3-9H2,1-2H3. The predicted octanol–water partition coefficient (Wildman–Crippen LogP) is 3.34. The fraction of sp³-hybridized carbons (Fsp3) is 0.938. The minimum atomic E-state index is -0.311. The van der Waals surface area contributed by atoms with Crippen LogP contribution in [-0.4, -0.2) is 12.1 Å². The highest BCUT2D eigenvalue weighted by Crippen LogP contribution is 2.56. The maximum Gasteiger partial charge on any atom is 0.103 e. The minimum absolute atomic E-state index is 0.311. The van der Waals surface area contributed by atoms with Gasteiger partial charge in [0.25, 0.3) is 0 Å². The van der Waals surface area contributed by atoms with Crippen molar-refractivity contribution in [2.45, 2.75) is 57.9 Å². The topological polar surface area (TPSA) is 35.8 Å². The molecule has 0 saturated heterocycles. The average Bonchev–Trinajstić information content (AvgIpc) is 2.37. The van der Waals surface area contributed by atoms with Crippen LogP contribution in [0.4, 0.5) is 0 Å². The lowest BCUT2D eigenvalue weighted by molar-refractivity contribution is -0.0370. The Morgan fingerprint density at radius 1 is 1.11 bits per heavy atom. The third kappa shape index (κ3) is 2.07. The lowest BCUT2D eigenvalue weighted by Gasteiger charge is -2.55. The highest BCUT2D eigenvalue weighted by molar-refractivity contribution is 5.05. The second kappa shape index (κ2) is 4.53. The normalized spacial score (nSPS) is 44.6. The largest absolute Gasteiger partial charge is 0.299 e. The van der Waals surface area contributed by atoms with Gasteiger partial charge in [-0.3, -0.25) is 5.32 Å². The summed E-state index contributed by atoms with van der Waals surface area (Å²) in [6.07, 6.45) is 8.35. The van der Waals surface area contributed by atoms with Crippen molar-refractivity contribution < 1.29 is 0 Å². The Hall–Kier alpha value is -0.550. The van der Waals surface area contributed by atoms with Gasteiger partial charge in [0.15, 0.2) is 0 Å². The van der Waals surface area contributed by atoms with Gasteiger partial charge in [0, 0.05) is 0 Å². The van der Waals surface area contributed by atoms with E-state index < -0.39 is 0 Å². The van der Waals surface area contributed by atoms with Gasteiger partial charge in [-0.25, -0.2) is 0 Å². The summed E-state index contributed by atoms with van der Waals surface area (Å²) in [6.45, 7) is 5.23. The van der Waals surface area contributed by atoms with E-state index in [9.17, 15) is 5.26 Å². The van der Waals surface area contributed by atoms with Crippen LogP contribution in [0.25, 0.3) is 0 Å². The highest BCUT2D eigenvalue weighted by atomic mass is 15.0. The number of nitrogens with one attached hydrogen (secondary N) is 1. The van der Waals surface area contributed by atoms with Crippen LogP contribution in [0.15, 0.2) is 0 Å². The van der Waals surface area contributed by atoms with Crippen LogP contribution in [0.2, 0.25) is 0 Å². The summed E-state index contributed by atoms with van der Waals surface area (Å²) in [5.74, 6) is 4.90. The van der Waals surface area contributed by atoms with Crippen molar-refractivity contribution in [3.8, 4) is 6.07 Å². The molecule has 0 amide bonds. The number of hydrogen-bond acceptors (Lipinski definition) is 2. The summed E-state index contributed by atoms with van der Waals surface area (Å²) in [5, 5.41) is 12.8. The SMILES string of the molecule is CCC(C)(C#N)NCC1C2CC3CC(C2)CC1C3. The third-order valence-corrected chi connectivity index (χ3v) is 6.10. The average molecular weight is 246 g/mol. The van der Waals surface area contributed by atoms with Gasteiger partial charge < -0.3 is 0 Å². The van der Waals surface area contributed by atoms with Crippen molar-refractivity contribution in [3.05, 3.63) is 0 Å². The molecule has 1 N–H and O–H groups in total. The maximum atomic E-state index is 9.25. The fourth-order valence-electron chi connectivity index (χ4n) is 4.96. The van der Waals surface area contributed by atoms with E-state index in [2.05, 4.69) is 18.3 Å². The van der Waals surface area contributed by atoms with E-state index in [4.69, 9.17) is 0 Å². The van der Waals surface area contributed by atoms with Crippen molar-refractivity contribution in [2.24, 2.45) is 29.6 Å². The third-order valence-electron chi connectivity index (χ3n) is 6.10. The summed E-state index contributed by atoms with van der Waals surface area (Å²) in [6, 6.07) is 2.44. The Kier molecular flexibility index (Phi) is 3.14. The summed E-state index contributed by atoms with van der Waals surface area (Å²) in [4.78, 5) is 0. The summed E-state index contributed by atoms with van der Waals surface area (Å²) >= 11 is 0. The van der Waals surface area contributed by atoms with E-state index in [0.717, 1.165) is 42.6 Å². The molecular formula is C16H26N2. The number of nitrogens with zero attached hydrogens (tertiary/aromatic N) is 1. The zero-order chi connectivity index (χ0) is 12.8. The molecule has 0 aromatic rings. The molecule has 0 radical (unpaired) electrons. The molecule has 4 bridgehead atoms. The van der Waals surface area contributed by atoms with Crippen molar-refractivity contribution >= 4 is 0 Å². The molecule has 4 fully saturated rings. The Balaban J connectivity index is 1.62. The molecule has 18 heavy (non-hydrogen) atoms. The van der Waals surface area contributed by atoms with Crippen molar-refractivity contribution in [3.63, 3.8) is 0 Å². The Morgan fingerprint density at radius 2 is 1.67 bits per heavy atom. The molecule has 0 aliphatic heterocycles. The van der Waals surface area contributed by atoms with Crippen molar-refractivity contribution in [1.29, 1.82) is 5.26 Å². The molecule has 0 heterocycles. The van der Waals surface area contributed by atoms with E-state index in [-0.39, 0.29) is 5.54 Å². The first kappa shape index (κ1) is 12.5. The Labute approximate surface area is 111 Å². The van der Waals surface area contributed by atoms with Crippen molar-refractivity contribution in [1.82, 2.24) is 5.32 Å². The Morgan fingerprint density at radius 3 is 2.11 bits per heavy atom. The number of rotatable bonds is 4. The molecule has 0 spiro atoms. The monoisotopic (exact) mass is 246 g/mol. The van der Waals surface area contributed by atoms with Gasteiger partial charge >= 0.3 is 0 Å². The van der Waals surface area contributed by atoms with Crippen LogP contribution in [0, 0.1) is 40.9 Å². The molecule has 4 aliphatic rings. The van der Waals surface area contributed by atoms with Gasteiger partial charge in [0.1, 0.15) is 5.54 Å². The van der Waals surface area contributed by atoms with Gasteiger partial charge in [-0.15, -0.1) is 0 Å². The van der Waals surface area contributed by atoms with Gasteiger partial charge in [-0.05, 0) is 81.6 Å². The zero-order valence-electron chi connectivity index (χ0n) is 11.8. The van der Waals surface area contributed by atoms with Crippen LogP contribution < -0.4 is 5.32 Å². The second-order valence-electron chi connectivity index (χ2n) is 7.27. The molecule has 1 unspecified atom stereocenters. The molecule has 4 rings (SSSR count). The predicted molar refractivity (Wildman–Crippen MR) is 72.8 cm³/mol. The lowest BCUT2D eigenvalue weighted by Crippen LogP contribution is -2.51. The second-order valence-corrected chi connectivity index (χ2v) is 7.27. The first-order chi connectivity index (χ1) is 8.63. The number of nitriles is 1. The lowest BCUT2D eigenvalue weighted by atomic mass is 9.52. The van der Waals surface area contributed by atoms with Crippen LogP contribution in [-0.2, 0) is 0 Å². The Bertz CT molecular complexity index is 329. The zero-order valence-corrected chi connectivity index (χ0v) is 11.8. The summed E-state index contributed by atoms with van der Waals surface area (Å²) in [7, 11) is 0. The van der Waals surface area contributed by atoms with E-state index in [1.165, 1.54) is 32.1 Å². The molecule has 4 saturated carbocycles. The molecule has 2 heteroatoms. The van der Waals surface area contributed by atoms with Gasteiger partial charge in [-0.1, -0.05) is 6.92 Å². The molecular weight excluding hydrogens is 220 g/mol. The van der Waals surface area contributed by atoms with Gasteiger partial charge in [0.2, 0.25) is 0 Å². The molecule has 0 aromatic carbocycles. The smallest absolute Gasteiger partial charge is 0.103 e. The summed E-state index contributed by atoms with van der Waals surface area (Å²) < 4.78 is 0. The molecule has 4 aliphatic carbocycles. The van der Waals surface area contributed by atoms with E-state index in [1.54, 1.807) is 0 Å². The van der Waals surface area contributed by atoms with E-state index >= 15 is 0 Å². The maximum absolute atomic E-state index is 9.25. The van der Waals surface area contributed by atoms with Crippen LogP contribution in [0.3, 0.4) is 0 Å².